The van der Waals surface area contributed by atoms with Crippen LogP contribution in [0.5, 0.6) is 0 Å². The van der Waals surface area contributed by atoms with Crippen molar-refractivity contribution in [2.75, 3.05) is 5.73 Å². The van der Waals surface area contributed by atoms with Crippen molar-refractivity contribution in [2.24, 2.45) is 5.92 Å². The maximum atomic E-state index is 13.4. The zero-order chi connectivity index (χ0) is 18.2. The minimum atomic E-state index is -4.75. The second-order valence-corrected chi connectivity index (χ2v) is 5.67. The van der Waals surface area contributed by atoms with Crippen LogP contribution in [0.25, 0.3) is 11.5 Å². The molecule has 2 heterocycles. The van der Waals surface area contributed by atoms with Gasteiger partial charge in [-0.2, -0.15) is 23.0 Å². The molecule has 1 aliphatic carbocycles. The lowest BCUT2D eigenvalue weighted by atomic mass is 9.86. The highest BCUT2D eigenvalue weighted by Crippen LogP contribution is 2.42. The van der Waals surface area contributed by atoms with Crippen molar-refractivity contribution in [3.8, 4) is 5.95 Å². The predicted molar refractivity (Wildman–Crippen MR) is 79.9 cm³/mol. The molecular formula is C15H14F5N5. The molecule has 0 radical (unpaired) electrons. The molecule has 25 heavy (non-hydrogen) atoms. The van der Waals surface area contributed by atoms with E-state index in [0.29, 0.717) is 0 Å². The molecule has 0 fully saturated rings. The molecule has 0 aromatic carbocycles. The van der Waals surface area contributed by atoms with Crippen molar-refractivity contribution in [3.63, 3.8) is 0 Å². The molecule has 2 N–H and O–H groups in total. The van der Waals surface area contributed by atoms with E-state index in [1.54, 1.807) is 0 Å². The fourth-order valence-corrected chi connectivity index (χ4v) is 2.81. The number of aromatic nitrogens is 4. The van der Waals surface area contributed by atoms with E-state index in [2.05, 4.69) is 15.1 Å². The van der Waals surface area contributed by atoms with Gasteiger partial charge in [0.2, 0.25) is 6.43 Å². The molecular weight excluding hydrogens is 345 g/mol. The van der Waals surface area contributed by atoms with Crippen LogP contribution in [-0.4, -0.2) is 26.2 Å². The third kappa shape index (κ3) is 3.33. The van der Waals surface area contributed by atoms with Crippen LogP contribution in [0.4, 0.5) is 27.8 Å². The minimum Gasteiger partial charge on any atom is -0.383 e. The van der Waals surface area contributed by atoms with Gasteiger partial charge in [-0.1, -0.05) is 6.08 Å². The number of hydrogen-bond donors (Lipinski definition) is 1. The van der Waals surface area contributed by atoms with E-state index in [4.69, 9.17) is 5.73 Å². The number of allylic oxidation sites excluding steroid dienone is 2. The maximum absolute atomic E-state index is 13.4. The predicted octanol–water partition coefficient (Wildman–Crippen LogP) is 3.71. The highest BCUT2D eigenvalue weighted by atomic mass is 19.4. The van der Waals surface area contributed by atoms with E-state index >= 15 is 0 Å². The second-order valence-electron chi connectivity index (χ2n) is 5.67. The first-order chi connectivity index (χ1) is 11.8. The van der Waals surface area contributed by atoms with Crippen LogP contribution in [0.2, 0.25) is 0 Å². The molecule has 1 aliphatic rings. The van der Waals surface area contributed by atoms with Crippen molar-refractivity contribution in [1.29, 1.82) is 0 Å². The average molecular weight is 359 g/mol. The van der Waals surface area contributed by atoms with Crippen LogP contribution in [0.3, 0.4) is 0 Å². The lowest BCUT2D eigenvalue weighted by Gasteiger charge is -2.21. The smallest absolute Gasteiger partial charge is 0.383 e. The van der Waals surface area contributed by atoms with Gasteiger partial charge in [-0.25, -0.2) is 18.7 Å². The molecule has 10 heteroatoms. The standard InChI is InChI=1S/C15H14F5N5/c16-12(17)9-4-2-8(3-5-9)10-11(15(18,19)20)24-25(13(10)21)14-22-6-1-7-23-14/h1-2,6-7,9,12H,3-5,21H2. The Morgan fingerprint density at radius 3 is 2.40 bits per heavy atom. The zero-order valence-electron chi connectivity index (χ0n) is 12.8. The largest absolute Gasteiger partial charge is 0.435 e. The van der Waals surface area contributed by atoms with Gasteiger partial charge in [0, 0.05) is 18.3 Å². The van der Waals surface area contributed by atoms with Crippen LogP contribution in [0.1, 0.15) is 30.5 Å². The van der Waals surface area contributed by atoms with Crippen LogP contribution in [-0.2, 0) is 6.18 Å². The van der Waals surface area contributed by atoms with Crippen molar-refractivity contribution in [1.82, 2.24) is 19.7 Å². The molecule has 2 aromatic rings. The summed E-state index contributed by atoms with van der Waals surface area (Å²) in [5, 5.41) is 3.53. The third-order valence-corrected chi connectivity index (χ3v) is 4.06. The van der Waals surface area contributed by atoms with E-state index < -0.39 is 24.2 Å². The number of rotatable bonds is 3. The van der Waals surface area contributed by atoms with Gasteiger partial charge < -0.3 is 5.73 Å². The monoisotopic (exact) mass is 359 g/mol. The van der Waals surface area contributed by atoms with Gasteiger partial charge in [-0.15, -0.1) is 0 Å². The summed E-state index contributed by atoms with van der Waals surface area (Å²) in [6.07, 6.45) is -3.00. The summed E-state index contributed by atoms with van der Waals surface area (Å²) in [6.45, 7) is 0. The Morgan fingerprint density at radius 1 is 1.20 bits per heavy atom. The molecule has 5 nitrogen and oxygen atoms in total. The maximum Gasteiger partial charge on any atom is 0.435 e. The van der Waals surface area contributed by atoms with E-state index in [9.17, 15) is 22.0 Å². The first-order valence-corrected chi connectivity index (χ1v) is 7.49. The molecule has 1 atom stereocenters. The molecule has 0 amide bonds. The van der Waals surface area contributed by atoms with Gasteiger partial charge >= 0.3 is 6.18 Å². The fraction of sp³-hybridized carbons (Fsp3) is 0.400. The Kier molecular flexibility index (Phi) is 4.44. The van der Waals surface area contributed by atoms with Crippen molar-refractivity contribution < 1.29 is 22.0 Å². The highest BCUT2D eigenvalue weighted by Gasteiger charge is 2.41. The highest BCUT2D eigenvalue weighted by molar-refractivity contribution is 5.77. The quantitative estimate of drug-likeness (QED) is 0.848. The van der Waals surface area contributed by atoms with Gasteiger partial charge in [-0.05, 0) is 30.9 Å². The van der Waals surface area contributed by atoms with E-state index in [-0.39, 0.29) is 42.2 Å². The molecule has 0 aliphatic heterocycles. The van der Waals surface area contributed by atoms with E-state index in [0.717, 1.165) is 4.68 Å². The molecule has 0 saturated carbocycles. The number of halogens is 5. The Bertz CT molecular complexity index is 782. The van der Waals surface area contributed by atoms with Crippen molar-refractivity contribution >= 4 is 11.4 Å². The van der Waals surface area contributed by atoms with E-state index in [1.807, 2.05) is 0 Å². The molecule has 1 unspecified atom stereocenters. The van der Waals surface area contributed by atoms with Gasteiger partial charge in [-0.3, -0.25) is 0 Å². The number of nitrogens with zero attached hydrogens (tertiary/aromatic N) is 4. The Balaban J connectivity index is 2.08. The normalized spacial score (nSPS) is 18.5. The Morgan fingerprint density at radius 2 is 1.88 bits per heavy atom. The molecule has 0 bridgehead atoms. The van der Waals surface area contributed by atoms with Crippen LogP contribution < -0.4 is 5.73 Å². The molecule has 0 spiro atoms. The first kappa shape index (κ1) is 17.3. The number of nitrogens with two attached hydrogens (primary N) is 1. The van der Waals surface area contributed by atoms with Crippen molar-refractivity contribution in [2.45, 2.75) is 31.9 Å². The lowest BCUT2D eigenvalue weighted by Crippen LogP contribution is -2.15. The Labute approximate surface area is 139 Å². The summed E-state index contributed by atoms with van der Waals surface area (Å²) in [5.74, 6) is -1.22. The number of anilines is 1. The first-order valence-electron chi connectivity index (χ1n) is 7.49. The third-order valence-electron chi connectivity index (χ3n) is 4.06. The number of nitrogen functional groups attached to an aromatic ring is 1. The zero-order valence-corrected chi connectivity index (χ0v) is 12.8. The van der Waals surface area contributed by atoms with Crippen LogP contribution in [0, 0.1) is 5.92 Å². The summed E-state index contributed by atoms with van der Waals surface area (Å²) < 4.78 is 66.5. The summed E-state index contributed by atoms with van der Waals surface area (Å²) >= 11 is 0. The van der Waals surface area contributed by atoms with Gasteiger partial charge in [0.1, 0.15) is 5.82 Å². The molecule has 134 valence electrons. The summed E-state index contributed by atoms with van der Waals surface area (Å²) in [6, 6.07) is 1.50. The summed E-state index contributed by atoms with van der Waals surface area (Å²) in [4.78, 5) is 7.70. The fourth-order valence-electron chi connectivity index (χ4n) is 2.81. The van der Waals surface area contributed by atoms with Gasteiger partial charge in [0.05, 0.1) is 5.56 Å². The van der Waals surface area contributed by atoms with Gasteiger partial charge in [0.25, 0.3) is 5.95 Å². The number of alkyl halides is 5. The number of hydrogen-bond acceptors (Lipinski definition) is 4. The van der Waals surface area contributed by atoms with Crippen LogP contribution >= 0.6 is 0 Å². The summed E-state index contributed by atoms with van der Waals surface area (Å²) in [7, 11) is 0. The Hall–Kier alpha value is -2.52. The van der Waals surface area contributed by atoms with E-state index in [1.165, 1.54) is 24.5 Å². The SMILES string of the molecule is Nc1c(C2=CCC(C(F)F)CC2)c(C(F)(F)F)nn1-c1ncccn1. The minimum absolute atomic E-state index is 0.00322. The molecule has 2 aromatic heterocycles. The lowest BCUT2D eigenvalue weighted by molar-refractivity contribution is -0.141. The van der Waals surface area contributed by atoms with Crippen LogP contribution in [0.15, 0.2) is 24.5 Å². The van der Waals surface area contributed by atoms with Crippen molar-refractivity contribution in [3.05, 3.63) is 35.8 Å². The second kappa shape index (κ2) is 6.41. The van der Waals surface area contributed by atoms with Gasteiger partial charge in [0.15, 0.2) is 5.69 Å². The summed E-state index contributed by atoms with van der Waals surface area (Å²) in [5.41, 5.74) is 4.71. The molecule has 0 saturated heterocycles. The molecule has 3 rings (SSSR count). The average Bonchev–Trinajstić information content (AvgIpc) is 2.93. The topological polar surface area (TPSA) is 69.6 Å².